The van der Waals surface area contributed by atoms with Gasteiger partial charge < -0.3 is 30.1 Å². The van der Waals surface area contributed by atoms with E-state index in [0.29, 0.717) is 17.7 Å². The van der Waals surface area contributed by atoms with E-state index >= 15 is 0 Å². The van der Waals surface area contributed by atoms with Crippen molar-refractivity contribution in [3.63, 3.8) is 0 Å². The second kappa shape index (κ2) is 11.9. The number of nitrogens with zero attached hydrogens (tertiary/aromatic N) is 3. The van der Waals surface area contributed by atoms with E-state index in [2.05, 4.69) is 15.6 Å². The van der Waals surface area contributed by atoms with Crippen molar-refractivity contribution in [1.29, 1.82) is 0 Å². The predicted octanol–water partition coefficient (Wildman–Crippen LogP) is 1.51. The second-order valence-corrected chi connectivity index (χ2v) is 9.13. The highest BCUT2D eigenvalue weighted by Gasteiger charge is 2.50. The average Bonchev–Trinajstić information content (AvgIpc) is 3.39. The Balaban J connectivity index is 1.63. The second-order valence-electron chi connectivity index (χ2n) is 8.73. The molecule has 2 heterocycles. The molecule has 0 aliphatic carbocycles. The van der Waals surface area contributed by atoms with Crippen LogP contribution in [0.1, 0.15) is 11.6 Å². The van der Waals surface area contributed by atoms with Crippen LogP contribution >= 0.6 is 11.6 Å². The van der Waals surface area contributed by atoms with Gasteiger partial charge in [-0.25, -0.2) is 22.2 Å². The number of nitrogens with one attached hydrogen (secondary N) is 1. The van der Waals surface area contributed by atoms with Crippen molar-refractivity contribution in [2.45, 2.75) is 43.2 Å². The van der Waals surface area contributed by atoms with Gasteiger partial charge >= 0.3 is 0 Å². The van der Waals surface area contributed by atoms with Crippen molar-refractivity contribution in [2.24, 2.45) is 0 Å². The largest absolute Gasteiger partial charge is 0.394 e. The van der Waals surface area contributed by atoms with Gasteiger partial charge in [0.25, 0.3) is 5.91 Å². The Morgan fingerprint density at radius 3 is 2.46 bits per heavy atom. The third kappa shape index (κ3) is 5.90. The van der Waals surface area contributed by atoms with Crippen LogP contribution < -0.4 is 5.32 Å². The molecule has 3 unspecified atom stereocenters. The van der Waals surface area contributed by atoms with Crippen LogP contribution in [0.3, 0.4) is 0 Å². The smallest absolute Gasteiger partial charge is 0.251 e. The highest BCUT2D eigenvalue weighted by molar-refractivity contribution is 6.30. The summed E-state index contributed by atoms with van der Waals surface area (Å²) < 4.78 is 66.6. The fourth-order valence-electron chi connectivity index (χ4n) is 4.23. The Labute approximate surface area is 223 Å². The molecule has 1 saturated heterocycles. The number of carbonyl (C=O) groups excluding carboxylic acids is 1. The first-order chi connectivity index (χ1) is 18.5. The first kappa shape index (κ1) is 28.9. The maximum absolute atomic E-state index is 13.7. The summed E-state index contributed by atoms with van der Waals surface area (Å²) in [5.41, 5.74) is 0.104. The monoisotopic (exact) mass is 574 g/mol. The first-order valence-corrected chi connectivity index (χ1v) is 11.9. The van der Waals surface area contributed by atoms with Gasteiger partial charge in [-0.05, 0) is 29.8 Å². The van der Waals surface area contributed by atoms with Crippen molar-refractivity contribution >= 4 is 17.5 Å². The molecule has 1 fully saturated rings. The average molecular weight is 575 g/mol. The summed E-state index contributed by atoms with van der Waals surface area (Å²) in [6.45, 7) is -0.984. The summed E-state index contributed by atoms with van der Waals surface area (Å²) in [7, 11) is 1.31. The normalized spacial score (nSPS) is 24.0. The summed E-state index contributed by atoms with van der Waals surface area (Å²) in [5.74, 6) is -5.97. The fourth-order valence-corrected chi connectivity index (χ4v) is 4.43. The highest BCUT2D eigenvalue weighted by atomic mass is 35.5. The van der Waals surface area contributed by atoms with Gasteiger partial charge in [-0.3, -0.25) is 4.79 Å². The molecule has 15 heteroatoms. The van der Waals surface area contributed by atoms with Crippen molar-refractivity contribution in [3.05, 3.63) is 70.4 Å². The summed E-state index contributed by atoms with van der Waals surface area (Å²) in [6, 6.07) is 3.78. The van der Waals surface area contributed by atoms with E-state index in [1.54, 1.807) is 0 Å². The van der Waals surface area contributed by atoms with E-state index in [0.717, 1.165) is 16.9 Å². The van der Waals surface area contributed by atoms with Crippen molar-refractivity contribution in [2.75, 3.05) is 13.7 Å². The molecule has 0 radical (unpaired) electrons. The summed E-state index contributed by atoms with van der Waals surface area (Å²) in [5, 5.41) is 41.7. The number of carbonyl (C=O) groups is 1. The van der Waals surface area contributed by atoms with Gasteiger partial charge in [0.1, 0.15) is 42.0 Å². The standard InChI is InChI=1S/C24H23ClF4N4O6/c1-30-24(37)23(38-9-10-2-3-13(26)12(25)4-10)22-21(36)19(20(35)17(8-34)39-22)33-7-16(31-32-33)11-5-14(27)18(29)15(28)6-11/h2-7,17,19-23,34-36H,8-9H2,1H3,(H,30,37)/t17?,19?,20-,21?,22+,23-/m0/s1. The van der Waals surface area contributed by atoms with E-state index in [-0.39, 0.29) is 22.9 Å². The third-order valence-corrected chi connectivity index (χ3v) is 6.53. The highest BCUT2D eigenvalue weighted by Crippen LogP contribution is 2.33. The van der Waals surface area contributed by atoms with Crippen molar-refractivity contribution in [1.82, 2.24) is 20.3 Å². The summed E-state index contributed by atoms with van der Waals surface area (Å²) >= 11 is 5.80. The molecule has 0 bridgehead atoms. The quantitative estimate of drug-likeness (QED) is 0.235. The number of likely N-dealkylation sites (N-methyl/N-ethyl adjacent to an activating group) is 1. The molecule has 6 atom stereocenters. The zero-order valence-electron chi connectivity index (χ0n) is 20.1. The molecule has 39 heavy (non-hydrogen) atoms. The minimum absolute atomic E-state index is 0.122. The number of amides is 1. The Morgan fingerprint density at radius 1 is 1.15 bits per heavy atom. The number of rotatable bonds is 8. The maximum atomic E-state index is 13.7. The number of halogens is 5. The third-order valence-electron chi connectivity index (χ3n) is 6.24. The van der Waals surface area contributed by atoms with Crippen LogP contribution in [0.4, 0.5) is 17.6 Å². The van der Waals surface area contributed by atoms with Gasteiger partial charge in [0.2, 0.25) is 0 Å². The van der Waals surface area contributed by atoms with E-state index < -0.39 is 72.3 Å². The molecule has 10 nitrogen and oxygen atoms in total. The van der Waals surface area contributed by atoms with Gasteiger partial charge in [0.15, 0.2) is 23.6 Å². The number of benzene rings is 2. The van der Waals surface area contributed by atoms with Gasteiger partial charge in [0, 0.05) is 12.6 Å². The lowest BCUT2D eigenvalue weighted by molar-refractivity contribution is -0.234. The summed E-state index contributed by atoms with van der Waals surface area (Å²) in [4.78, 5) is 12.7. The lowest BCUT2D eigenvalue weighted by atomic mass is 9.89. The number of aliphatic hydroxyl groups is 3. The molecular weight excluding hydrogens is 552 g/mol. The number of aliphatic hydroxyl groups excluding tert-OH is 3. The molecule has 1 aliphatic rings. The van der Waals surface area contributed by atoms with Crippen LogP contribution in [0.2, 0.25) is 5.02 Å². The lowest BCUT2D eigenvalue weighted by Crippen LogP contribution is -2.61. The molecule has 4 rings (SSSR count). The molecule has 1 aromatic heterocycles. The van der Waals surface area contributed by atoms with E-state index in [9.17, 15) is 37.7 Å². The zero-order chi connectivity index (χ0) is 28.4. The SMILES string of the molecule is CNC(=O)[C@@H](OCc1ccc(F)c(Cl)c1)[C@@H]1OC(CO)[C@H](O)C(n2cc(-c3cc(F)c(F)c(F)c3)nn2)C1O. The van der Waals surface area contributed by atoms with Crippen LogP contribution in [0.25, 0.3) is 11.3 Å². The molecule has 0 spiro atoms. The molecule has 2 aromatic carbocycles. The van der Waals surface area contributed by atoms with Gasteiger partial charge in [-0.2, -0.15) is 0 Å². The summed E-state index contributed by atoms with van der Waals surface area (Å²) in [6.07, 6.45) is -6.44. The van der Waals surface area contributed by atoms with Crippen LogP contribution in [-0.2, 0) is 20.9 Å². The molecular formula is C24H23ClF4N4O6. The minimum Gasteiger partial charge on any atom is -0.394 e. The number of hydrogen-bond donors (Lipinski definition) is 4. The van der Waals surface area contributed by atoms with E-state index in [1.807, 2.05) is 0 Å². The molecule has 1 aliphatic heterocycles. The zero-order valence-corrected chi connectivity index (χ0v) is 20.9. The van der Waals surface area contributed by atoms with Crippen molar-refractivity contribution in [3.8, 4) is 11.3 Å². The topological polar surface area (TPSA) is 139 Å². The van der Waals surface area contributed by atoms with Crippen LogP contribution in [-0.4, -0.2) is 80.4 Å². The fraction of sp³-hybridized carbons (Fsp3) is 0.375. The molecule has 3 aromatic rings. The number of aromatic nitrogens is 3. The Morgan fingerprint density at radius 2 is 1.85 bits per heavy atom. The van der Waals surface area contributed by atoms with Crippen LogP contribution in [0.15, 0.2) is 36.5 Å². The van der Waals surface area contributed by atoms with E-state index in [1.165, 1.54) is 19.2 Å². The Bertz CT molecular complexity index is 1320. The molecule has 210 valence electrons. The van der Waals surface area contributed by atoms with Crippen LogP contribution in [0.5, 0.6) is 0 Å². The van der Waals surface area contributed by atoms with Crippen LogP contribution in [0, 0.1) is 23.3 Å². The molecule has 4 N–H and O–H groups in total. The first-order valence-electron chi connectivity index (χ1n) is 11.5. The Kier molecular flexibility index (Phi) is 8.83. The van der Waals surface area contributed by atoms with Crippen molar-refractivity contribution < 1.29 is 47.1 Å². The molecule has 0 saturated carbocycles. The maximum Gasteiger partial charge on any atom is 0.251 e. The van der Waals surface area contributed by atoms with E-state index in [4.69, 9.17) is 21.1 Å². The number of ether oxygens (including phenoxy) is 2. The lowest BCUT2D eigenvalue weighted by Gasteiger charge is -2.44. The van der Waals surface area contributed by atoms with Gasteiger partial charge in [0.05, 0.1) is 24.4 Å². The predicted molar refractivity (Wildman–Crippen MR) is 126 cm³/mol. The molecule has 1 amide bonds. The van der Waals surface area contributed by atoms with Gasteiger partial charge in [-0.15, -0.1) is 5.10 Å². The Hall–Kier alpha value is -3.14. The number of hydrogen-bond acceptors (Lipinski definition) is 8. The van der Waals surface area contributed by atoms with Gasteiger partial charge in [-0.1, -0.05) is 22.9 Å². The minimum atomic E-state index is -1.70.